The van der Waals surface area contributed by atoms with Crippen LogP contribution in [0, 0.1) is 5.92 Å². The number of carbonyl (C=O) groups excluding carboxylic acids is 1. The second-order valence-corrected chi connectivity index (χ2v) is 6.70. The molecule has 1 aromatic rings. The molecule has 1 aromatic heterocycles. The number of nitrogens with one attached hydrogen (secondary N) is 2. The van der Waals surface area contributed by atoms with Crippen LogP contribution in [0.3, 0.4) is 0 Å². The normalized spacial score (nSPS) is 23.2. The molecule has 7 nitrogen and oxygen atoms in total. The molecule has 7 heteroatoms. The minimum Gasteiger partial charge on any atom is -0.376 e. The third-order valence-corrected chi connectivity index (χ3v) is 4.25. The van der Waals surface area contributed by atoms with Crippen LogP contribution >= 0.6 is 0 Å². The van der Waals surface area contributed by atoms with E-state index in [9.17, 15) is 4.79 Å². The molecule has 0 radical (unpaired) electrons. The number of aromatic nitrogens is 2. The predicted octanol–water partition coefficient (Wildman–Crippen LogP) is 1.18. The van der Waals surface area contributed by atoms with Crippen LogP contribution in [0.15, 0.2) is 0 Å². The van der Waals surface area contributed by atoms with Crippen molar-refractivity contribution in [2.75, 3.05) is 31.7 Å². The van der Waals surface area contributed by atoms with Crippen LogP contribution in [-0.2, 0) is 22.3 Å². The van der Waals surface area contributed by atoms with Crippen molar-refractivity contribution in [3.63, 3.8) is 0 Å². The van der Waals surface area contributed by atoms with E-state index < -0.39 is 0 Å². The summed E-state index contributed by atoms with van der Waals surface area (Å²) in [5.41, 5.74) is 1.40. The summed E-state index contributed by atoms with van der Waals surface area (Å²) in [7, 11) is 0. The highest BCUT2D eigenvalue weighted by Crippen LogP contribution is 2.24. The number of amides is 1. The largest absolute Gasteiger partial charge is 0.376 e. The van der Waals surface area contributed by atoms with Crippen LogP contribution in [0.4, 0.5) is 5.82 Å². The molecule has 0 aromatic carbocycles. The van der Waals surface area contributed by atoms with Gasteiger partial charge >= 0.3 is 0 Å². The SMILES string of the molecule is CCO[C@H]1COC[C@@H]1Nc1nc(CC(C)C)nc2c1CCNC2=O. The number of anilines is 1. The Labute approximate surface area is 142 Å². The zero-order valence-corrected chi connectivity index (χ0v) is 14.6. The van der Waals surface area contributed by atoms with E-state index in [1.54, 1.807) is 0 Å². The molecule has 1 fully saturated rings. The van der Waals surface area contributed by atoms with Crippen molar-refractivity contribution in [3.05, 3.63) is 17.1 Å². The average Bonchev–Trinajstić information content (AvgIpc) is 2.95. The number of hydrogen-bond donors (Lipinski definition) is 2. The van der Waals surface area contributed by atoms with Crippen molar-refractivity contribution >= 4 is 11.7 Å². The van der Waals surface area contributed by atoms with E-state index in [2.05, 4.69) is 29.5 Å². The van der Waals surface area contributed by atoms with Crippen LogP contribution in [0.5, 0.6) is 0 Å². The van der Waals surface area contributed by atoms with E-state index in [1.807, 2.05) is 6.92 Å². The quantitative estimate of drug-likeness (QED) is 0.812. The number of carbonyl (C=O) groups is 1. The number of nitrogens with zero attached hydrogens (tertiary/aromatic N) is 2. The Morgan fingerprint density at radius 1 is 1.38 bits per heavy atom. The van der Waals surface area contributed by atoms with Gasteiger partial charge in [-0.2, -0.15) is 0 Å². The monoisotopic (exact) mass is 334 g/mol. The number of ether oxygens (including phenoxy) is 2. The molecule has 3 rings (SSSR count). The Kier molecular flexibility index (Phi) is 5.30. The van der Waals surface area contributed by atoms with Gasteiger partial charge in [0.25, 0.3) is 5.91 Å². The fourth-order valence-electron chi connectivity index (χ4n) is 3.14. The maximum atomic E-state index is 12.2. The Hall–Kier alpha value is -1.73. The molecule has 0 spiro atoms. The Balaban J connectivity index is 1.90. The van der Waals surface area contributed by atoms with Crippen LogP contribution in [0.25, 0.3) is 0 Å². The number of fused-ring (bicyclic) bond motifs is 1. The van der Waals surface area contributed by atoms with E-state index in [0.717, 1.165) is 24.2 Å². The van der Waals surface area contributed by atoms with E-state index in [1.165, 1.54) is 0 Å². The van der Waals surface area contributed by atoms with Gasteiger partial charge in [-0.15, -0.1) is 0 Å². The van der Waals surface area contributed by atoms with Crippen molar-refractivity contribution in [1.29, 1.82) is 0 Å². The van der Waals surface area contributed by atoms with Gasteiger partial charge < -0.3 is 20.1 Å². The minimum atomic E-state index is -0.115. The summed E-state index contributed by atoms with van der Waals surface area (Å²) in [4.78, 5) is 21.4. The first-order valence-electron chi connectivity index (χ1n) is 8.72. The molecule has 24 heavy (non-hydrogen) atoms. The molecule has 2 aliphatic heterocycles. The first kappa shape index (κ1) is 17.1. The molecule has 0 bridgehead atoms. The summed E-state index contributed by atoms with van der Waals surface area (Å²) >= 11 is 0. The van der Waals surface area contributed by atoms with Crippen molar-refractivity contribution in [2.24, 2.45) is 5.92 Å². The molecule has 132 valence electrons. The van der Waals surface area contributed by atoms with Crippen LogP contribution in [0.1, 0.15) is 42.6 Å². The molecule has 0 unspecified atom stereocenters. The van der Waals surface area contributed by atoms with Gasteiger partial charge in [-0.1, -0.05) is 13.8 Å². The van der Waals surface area contributed by atoms with Crippen LogP contribution in [-0.4, -0.2) is 54.4 Å². The first-order chi connectivity index (χ1) is 11.6. The van der Waals surface area contributed by atoms with Gasteiger partial charge in [-0.05, 0) is 19.3 Å². The molecule has 1 amide bonds. The first-order valence-corrected chi connectivity index (χ1v) is 8.72. The van der Waals surface area contributed by atoms with E-state index in [-0.39, 0.29) is 18.1 Å². The summed E-state index contributed by atoms with van der Waals surface area (Å²) in [6.07, 6.45) is 1.48. The summed E-state index contributed by atoms with van der Waals surface area (Å²) < 4.78 is 11.3. The number of rotatable bonds is 6. The molecule has 0 saturated carbocycles. The maximum absolute atomic E-state index is 12.2. The molecule has 0 aliphatic carbocycles. The third kappa shape index (κ3) is 3.67. The lowest BCUT2D eigenvalue weighted by Gasteiger charge is -2.24. The van der Waals surface area contributed by atoms with Crippen molar-refractivity contribution in [2.45, 2.75) is 45.8 Å². The molecule has 2 N–H and O–H groups in total. The van der Waals surface area contributed by atoms with Gasteiger partial charge in [-0.3, -0.25) is 4.79 Å². The molecule has 2 aliphatic rings. The number of hydrogen-bond acceptors (Lipinski definition) is 6. The lowest BCUT2D eigenvalue weighted by atomic mass is 10.0. The fraction of sp³-hybridized carbons (Fsp3) is 0.706. The predicted molar refractivity (Wildman–Crippen MR) is 90.3 cm³/mol. The zero-order valence-electron chi connectivity index (χ0n) is 14.6. The molecular formula is C17H26N4O3. The van der Waals surface area contributed by atoms with E-state index in [4.69, 9.17) is 14.5 Å². The Morgan fingerprint density at radius 2 is 2.21 bits per heavy atom. The lowest BCUT2D eigenvalue weighted by molar-refractivity contribution is 0.0478. The van der Waals surface area contributed by atoms with Crippen molar-refractivity contribution in [1.82, 2.24) is 15.3 Å². The highest BCUT2D eigenvalue weighted by molar-refractivity contribution is 5.96. The van der Waals surface area contributed by atoms with Gasteiger partial charge in [0.1, 0.15) is 23.4 Å². The van der Waals surface area contributed by atoms with Gasteiger partial charge in [-0.25, -0.2) is 9.97 Å². The third-order valence-electron chi connectivity index (χ3n) is 4.25. The topological polar surface area (TPSA) is 85.4 Å². The highest BCUT2D eigenvalue weighted by atomic mass is 16.5. The second-order valence-electron chi connectivity index (χ2n) is 6.70. The van der Waals surface area contributed by atoms with E-state index in [0.29, 0.717) is 43.8 Å². The van der Waals surface area contributed by atoms with Gasteiger partial charge in [0.15, 0.2) is 0 Å². The van der Waals surface area contributed by atoms with Crippen LogP contribution < -0.4 is 10.6 Å². The Morgan fingerprint density at radius 3 is 2.96 bits per heavy atom. The molecule has 3 heterocycles. The Bertz CT molecular complexity index is 606. The van der Waals surface area contributed by atoms with Crippen molar-refractivity contribution < 1.29 is 14.3 Å². The van der Waals surface area contributed by atoms with Crippen molar-refractivity contribution in [3.8, 4) is 0 Å². The average molecular weight is 334 g/mol. The molecule has 1 saturated heterocycles. The minimum absolute atomic E-state index is 0.00609. The maximum Gasteiger partial charge on any atom is 0.270 e. The summed E-state index contributed by atoms with van der Waals surface area (Å²) in [6, 6.07) is 0.0424. The highest BCUT2D eigenvalue weighted by Gasteiger charge is 2.31. The molecule has 2 atom stereocenters. The fourth-order valence-corrected chi connectivity index (χ4v) is 3.14. The van der Waals surface area contributed by atoms with Gasteiger partial charge in [0, 0.05) is 25.1 Å². The summed E-state index contributed by atoms with van der Waals surface area (Å²) in [6.45, 7) is 8.64. The zero-order chi connectivity index (χ0) is 17.1. The second kappa shape index (κ2) is 7.44. The van der Waals surface area contributed by atoms with E-state index >= 15 is 0 Å². The lowest BCUT2D eigenvalue weighted by Crippen LogP contribution is -2.38. The van der Waals surface area contributed by atoms with Gasteiger partial charge in [0.2, 0.25) is 0 Å². The molecular weight excluding hydrogens is 308 g/mol. The summed E-state index contributed by atoms with van der Waals surface area (Å²) in [5, 5.41) is 6.32. The standard InChI is InChI=1S/C17H26N4O3/c1-4-24-13-9-23-8-12(13)19-16-11-5-6-18-17(22)15(11)20-14(21-16)7-10(2)3/h10,12-13H,4-9H2,1-3H3,(H,18,22)(H,19,20,21)/t12-,13-/m0/s1. The van der Waals surface area contributed by atoms with Crippen LogP contribution in [0.2, 0.25) is 0 Å². The smallest absolute Gasteiger partial charge is 0.270 e. The summed E-state index contributed by atoms with van der Waals surface area (Å²) in [5.74, 6) is 1.77. The van der Waals surface area contributed by atoms with Gasteiger partial charge in [0.05, 0.1) is 19.3 Å².